The first-order chi connectivity index (χ1) is 5.20. The number of rotatable bonds is 2. The van der Waals surface area contributed by atoms with E-state index >= 15 is 0 Å². The van der Waals surface area contributed by atoms with Crippen molar-refractivity contribution in [3.63, 3.8) is 0 Å². The van der Waals surface area contributed by atoms with Crippen LogP contribution in [0.25, 0.3) is 0 Å². The Morgan fingerprint density at radius 2 is 2.27 bits per heavy atom. The van der Waals surface area contributed by atoms with Gasteiger partial charge in [-0.25, -0.2) is 0 Å². The molecule has 0 amide bonds. The summed E-state index contributed by atoms with van der Waals surface area (Å²) in [6.07, 6.45) is 4.10. The highest BCUT2D eigenvalue weighted by atomic mass is 16.3. The molecule has 1 aromatic heterocycles. The Labute approximate surface area is 66.9 Å². The van der Waals surface area contributed by atoms with Crippen LogP contribution in [0, 0.1) is 5.92 Å². The zero-order valence-corrected chi connectivity index (χ0v) is 6.91. The van der Waals surface area contributed by atoms with Crippen LogP contribution < -0.4 is 0 Å². The normalized spacial score (nSPS) is 10.5. The highest BCUT2D eigenvalue weighted by molar-refractivity contribution is 5.28. The minimum Gasteiger partial charge on any atom is -0.506 e. The Morgan fingerprint density at radius 1 is 1.55 bits per heavy atom. The third kappa shape index (κ3) is 2.22. The molecule has 1 rings (SSSR count). The van der Waals surface area contributed by atoms with Crippen LogP contribution in [-0.2, 0) is 6.42 Å². The molecule has 0 saturated heterocycles. The van der Waals surface area contributed by atoms with E-state index in [1.165, 1.54) is 6.20 Å². The summed E-state index contributed by atoms with van der Waals surface area (Å²) in [4.78, 5) is 3.80. The fourth-order valence-electron chi connectivity index (χ4n) is 1.03. The van der Waals surface area contributed by atoms with Crippen molar-refractivity contribution >= 4 is 0 Å². The van der Waals surface area contributed by atoms with Crippen LogP contribution in [0.3, 0.4) is 0 Å². The number of aromatic hydroxyl groups is 1. The molecule has 0 spiro atoms. The highest BCUT2D eigenvalue weighted by Gasteiger charge is 2.01. The van der Waals surface area contributed by atoms with E-state index in [4.69, 9.17) is 0 Å². The molecule has 0 aliphatic carbocycles. The predicted molar refractivity (Wildman–Crippen MR) is 44.4 cm³/mol. The van der Waals surface area contributed by atoms with Crippen LogP contribution in [0.2, 0.25) is 0 Å². The van der Waals surface area contributed by atoms with Crippen molar-refractivity contribution in [1.82, 2.24) is 4.98 Å². The maximum atomic E-state index is 9.30. The molecule has 0 bridgehead atoms. The molecule has 11 heavy (non-hydrogen) atoms. The molecule has 0 saturated carbocycles. The summed E-state index contributed by atoms with van der Waals surface area (Å²) in [6.45, 7) is 4.25. The van der Waals surface area contributed by atoms with Crippen molar-refractivity contribution in [3.8, 4) is 5.75 Å². The van der Waals surface area contributed by atoms with Gasteiger partial charge in [0, 0.05) is 6.20 Å². The summed E-state index contributed by atoms with van der Waals surface area (Å²) in [5, 5.41) is 9.30. The van der Waals surface area contributed by atoms with Crippen LogP contribution in [0.5, 0.6) is 5.75 Å². The van der Waals surface area contributed by atoms with Crippen molar-refractivity contribution in [2.75, 3.05) is 0 Å². The van der Waals surface area contributed by atoms with Gasteiger partial charge in [-0.15, -0.1) is 0 Å². The van der Waals surface area contributed by atoms with Gasteiger partial charge in [-0.3, -0.25) is 4.98 Å². The summed E-state index contributed by atoms with van der Waals surface area (Å²) in [7, 11) is 0. The second kappa shape index (κ2) is 3.37. The molecule has 0 radical (unpaired) electrons. The van der Waals surface area contributed by atoms with E-state index in [9.17, 15) is 5.11 Å². The molecule has 0 unspecified atom stereocenters. The van der Waals surface area contributed by atoms with Gasteiger partial charge in [-0.1, -0.05) is 13.8 Å². The molecule has 0 atom stereocenters. The molecule has 1 heterocycles. The lowest BCUT2D eigenvalue weighted by atomic mass is 10.0. The first kappa shape index (κ1) is 8.05. The quantitative estimate of drug-likeness (QED) is 0.701. The molecule has 1 N–H and O–H groups in total. The molecule has 1 aromatic rings. The Morgan fingerprint density at radius 3 is 2.82 bits per heavy atom. The average molecular weight is 151 g/mol. The zero-order chi connectivity index (χ0) is 8.27. The summed E-state index contributed by atoms with van der Waals surface area (Å²) in [5.74, 6) is 0.879. The molecular formula is C9H13NO. The first-order valence-corrected chi connectivity index (χ1v) is 3.82. The minimum absolute atomic E-state index is 0.307. The van der Waals surface area contributed by atoms with Gasteiger partial charge in [0.2, 0.25) is 0 Å². The van der Waals surface area contributed by atoms with Crippen molar-refractivity contribution in [3.05, 3.63) is 24.0 Å². The number of aromatic nitrogens is 1. The lowest BCUT2D eigenvalue weighted by Crippen LogP contribution is -1.94. The monoisotopic (exact) mass is 151 g/mol. The third-order valence-corrected chi connectivity index (χ3v) is 1.52. The van der Waals surface area contributed by atoms with Gasteiger partial charge < -0.3 is 5.11 Å². The predicted octanol–water partition coefficient (Wildman–Crippen LogP) is 1.99. The van der Waals surface area contributed by atoms with E-state index in [1.54, 1.807) is 6.20 Å². The van der Waals surface area contributed by atoms with Crippen molar-refractivity contribution in [1.29, 1.82) is 0 Å². The van der Waals surface area contributed by atoms with E-state index in [2.05, 4.69) is 18.8 Å². The first-order valence-electron chi connectivity index (χ1n) is 3.82. The Balaban J connectivity index is 2.78. The second-order valence-electron chi connectivity index (χ2n) is 3.10. The van der Waals surface area contributed by atoms with Gasteiger partial charge in [0.1, 0.15) is 5.75 Å². The lowest BCUT2D eigenvalue weighted by molar-refractivity contribution is 0.459. The van der Waals surface area contributed by atoms with E-state index in [-0.39, 0.29) is 0 Å². The molecule has 2 heteroatoms. The number of hydrogen-bond acceptors (Lipinski definition) is 2. The van der Waals surface area contributed by atoms with Crippen molar-refractivity contribution < 1.29 is 5.11 Å². The van der Waals surface area contributed by atoms with E-state index in [0.717, 1.165) is 12.0 Å². The Bertz CT molecular complexity index is 233. The van der Waals surface area contributed by atoms with Gasteiger partial charge in [0.25, 0.3) is 0 Å². The maximum Gasteiger partial charge on any atom is 0.137 e. The average Bonchev–Trinajstić information content (AvgIpc) is 1.93. The summed E-state index contributed by atoms with van der Waals surface area (Å²) >= 11 is 0. The van der Waals surface area contributed by atoms with Gasteiger partial charge >= 0.3 is 0 Å². The standard InChI is InChI=1S/C9H13NO/c1-7(2)5-8-3-4-10-6-9(8)11/h3-4,6-7,11H,5H2,1-2H3. The molecule has 2 nitrogen and oxygen atoms in total. The minimum atomic E-state index is 0.307. The number of hydrogen-bond donors (Lipinski definition) is 1. The topological polar surface area (TPSA) is 33.1 Å². The SMILES string of the molecule is CC(C)Cc1ccncc1O. The Kier molecular flexibility index (Phi) is 2.47. The van der Waals surface area contributed by atoms with Gasteiger partial charge in [-0.2, -0.15) is 0 Å². The summed E-state index contributed by atoms with van der Waals surface area (Å²) in [5.41, 5.74) is 0.981. The largest absolute Gasteiger partial charge is 0.506 e. The molecule has 0 aliphatic rings. The second-order valence-corrected chi connectivity index (χ2v) is 3.10. The smallest absolute Gasteiger partial charge is 0.137 e. The van der Waals surface area contributed by atoms with Gasteiger partial charge in [0.15, 0.2) is 0 Å². The van der Waals surface area contributed by atoms with Crippen LogP contribution in [0.15, 0.2) is 18.5 Å². The van der Waals surface area contributed by atoms with Crippen LogP contribution >= 0.6 is 0 Å². The molecule has 0 aromatic carbocycles. The van der Waals surface area contributed by atoms with E-state index in [1.807, 2.05) is 6.07 Å². The van der Waals surface area contributed by atoms with E-state index < -0.39 is 0 Å². The molecule has 0 fully saturated rings. The molecule has 60 valence electrons. The summed E-state index contributed by atoms with van der Waals surface area (Å²) < 4.78 is 0. The van der Waals surface area contributed by atoms with Crippen molar-refractivity contribution in [2.24, 2.45) is 5.92 Å². The molecule has 0 aliphatic heterocycles. The van der Waals surface area contributed by atoms with Crippen LogP contribution in [0.1, 0.15) is 19.4 Å². The highest BCUT2D eigenvalue weighted by Crippen LogP contribution is 2.17. The Hall–Kier alpha value is -1.05. The fraction of sp³-hybridized carbons (Fsp3) is 0.444. The zero-order valence-electron chi connectivity index (χ0n) is 6.91. The lowest BCUT2D eigenvalue weighted by Gasteiger charge is -2.05. The fourth-order valence-corrected chi connectivity index (χ4v) is 1.03. The summed E-state index contributed by atoms with van der Waals surface area (Å²) in [6, 6.07) is 1.86. The van der Waals surface area contributed by atoms with Crippen molar-refractivity contribution in [2.45, 2.75) is 20.3 Å². The number of pyridine rings is 1. The number of nitrogens with zero attached hydrogens (tertiary/aromatic N) is 1. The maximum absolute atomic E-state index is 9.30. The van der Waals surface area contributed by atoms with Gasteiger partial charge in [0.05, 0.1) is 6.20 Å². The third-order valence-electron chi connectivity index (χ3n) is 1.52. The van der Waals surface area contributed by atoms with Crippen LogP contribution in [-0.4, -0.2) is 10.1 Å². The van der Waals surface area contributed by atoms with E-state index in [0.29, 0.717) is 11.7 Å². The molecular weight excluding hydrogens is 138 g/mol. The van der Waals surface area contributed by atoms with Crippen LogP contribution in [0.4, 0.5) is 0 Å². The van der Waals surface area contributed by atoms with Gasteiger partial charge in [-0.05, 0) is 24.0 Å².